The number of halogens is 1. The Labute approximate surface area is 140 Å². The van der Waals surface area contributed by atoms with Crippen molar-refractivity contribution in [1.29, 1.82) is 0 Å². The van der Waals surface area contributed by atoms with Crippen molar-refractivity contribution in [2.45, 2.75) is 11.3 Å². The minimum Gasteiger partial charge on any atom is -0.355 e. The second-order valence-corrected chi connectivity index (χ2v) is 6.12. The van der Waals surface area contributed by atoms with Crippen molar-refractivity contribution in [3.05, 3.63) is 34.4 Å². The van der Waals surface area contributed by atoms with Crippen LogP contribution in [-0.2, 0) is 14.8 Å². The van der Waals surface area contributed by atoms with Crippen molar-refractivity contribution >= 4 is 34.0 Å². The molecule has 0 unspecified atom stereocenters. The molecule has 1 aromatic rings. The zero-order valence-corrected chi connectivity index (χ0v) is 14.1. The number of amides is 1. The molecule has 0 spiro atoms. The van der Waals surface area contributed by atoms with E-state index in [0.717, 1.165) is 24.3 Å². The minimum atomic E-state index is -3.79. The van der Waals surface area contributed by atoms with E-state index in [9.17, 15) is 23.3 Å². The Bertz CT molecular complexity index is 621. The molecule has 0 aromatic heterocycles. The molecular weight excluding hydrogens is 348 g/mol. The average molecular weight is 367 g/mol. The van der Waals surface area contributed by atoms with Crippen LogP contribution in [-0.4, -0.2) is 45.9 Å². The van der Waals surface area contributed by atoms with Crippen molar-refractivity contribution in [1.82, 2.24) is 15.4 Å². The number of carbonyl (C=O) groups is 1. The first-order valence-corrected chi connectivity index (χ1v) is 8.00. The van der Waals surface area contributed by atoms with Crippen LogP contribution < -0.4 is 15.4 Å². The number of nitro benzene ring substituents is 1. The van der Waals surface area contributed by atoms with Crippen molar-refractivity contribution in [2.24, 2.45) is 0 Å². The highest BCUT2D eigenvalue weighted by molar-refractivity contribution is 7.89. The highest BCUT2D eigenvalue weighted by Crippen LogP contribution is 2.15. The van der Waals surface area contributed by atoms with Crippen LogP contribution >= 0.6 is 12.4 Å². The first kappa shape index (κ1) is 21.2. The van der Waals surface area contributed by atoms with Crippen molar-refractivity contribution < 1.29 is 18.1 Å². The van der Waals surface area contributed by atoms with E-state index in [-0.39, 0.29) is 41.9 Å². The number of hydrogen-bond acceptors (Lipinski definition) is 6. The standard InChI is InChI=1S/C12H18N4O5S.ClH/c1-13-8-9-14-12(17)6-7-15-22(20,21)11-4-2-10(3-5-11)16(18)19;/h2-5,13,15H,6-9H2,1H3,(H,14,17);1H. The molecule has 9 nitrogen and oxygen atoms in total. The van der Waals surface area contributed by atoms with E-state index in [2.05, 4.69) is 15.4 Å². The highest BCUT2D eigenvalue weighted by atomic mass is 35.5. The Kier molecular flexibility index (Phi) is 9.34. The van der Waals surface area contributed by atoms with Gasteiger partial charge in [0, 0.05) is 38.2 Å². The average Bonchev–Trinajstić information content (AvgIpc) is 2.47. The number of hydrogen-bond donors (Lipinski definition) is 3. The smallest absolute Gasteiger partial charge is 0.269 e. The summed E-state index contributed by atoms with van der Waals surface area (Å²) in [5.41, 5.74) is -0.192. The van der Waals surface area contributed by atoms with Crippen molar-refractivity contribution in [3.63, 3.8) is 0 Å². The van der Waals surface area contributed by atoms with Gasteiger partial charge in [0.2, 0.25) is 15.9 Å². The van der Waals surface area contributed by atoms with Crippen LogP contribution in [0.4, 0.5) is 5.69 Å². The summed E-state index contributed by atoms with van der Waals surface area (Å²) in [7, 11) is -2.03. The van der Waals surface area contributed by atoms with Gasteiger partial charge in [0.25, 0.3) is 5.69 Å². The van der Waals surface area contributed by atoms with E-state index >= 15 is 0 Å². The largest absolute Gasteiger partial charge is 0.355 e. The topological polar surface area (TPSA) is 130 Å². The summed E-state index contributed by atoms with van der Waals surface area (Å²) in [6.45, 7) is 1.04. The third-order valence-corrected chi connectivity index (χ3v) is 4.18. The molecule has 11 heteroatoms. The number of benzene rings is 1. The molecule has 1 aromatic carbocycles. The maximum Gasteiger partial charge on any atom is 0.269 e. The van der Waals surface area contributed by atoms with E-state index in [1.54, 1.807) is 7.05 Å². The maximum atomic E-state index is 11.9. The van der Waals surface area contributed by atoms with Gasteiger partial charge in [-0.3, -0.25) is 14.9 Å². The number of sulfonamides is 1. The molecular formula is C12H19ClN4O5S. The van der Waals surface area contributed by atoms with Crippen LogP contribution in [0.2, 0.25) is 0 Å². The predicted octanol–water partition coefficient (Wildman–Crippen LogP) is 0.0206. The van der Waals surface area contributed by atoms with Crippen LogP contribution in [0.5, 0.6) is 0 Å². The normalized spacial score (nSPS) is 10.7. The monoisotopic (exact) mass is 366 g/mol. The van der Waals surface area contributed by atoms with Crippen LogP contribution in [0, 0.1) is 10.1 Å². The van der Waals surface area contributed by atoms with E-state index in [0.29, 0.717) is 13.1 Å². The fraction of sp³-hybridized carbons (Fsp3) is 0.417. The molecule has 0 saturated heterocycles. The number of nitrogens with one attached hydrogen (secondary N) is 3. The van der Waals surface area contributed by atoms with Crippen molar-refractivity contribution in [2.75, 3.05) is 26.7 Å². The predicted molar refractivity (Wildman–Crippen MR) is 87.1 cm³/mol. The Balaban J connectivity index is 0.00000484. The van der Waals surface area contributed by atoms with Gasteiger partial charge in [-0.1, -0.05) is 0 Å². The molecule has 0 aliphatic heterocycles. The van der Waals surface area contributed by atoms with Gasteiger partial charge in [-0.2, -0.15) is 0 Å². The summed E-state index contributed by atoms with van der Waals surface area (Å²) in [6.07, 6.45) is 0.00985. The molecule has 0 radical (unpaired) electrons. The molecule has 0 heterocycles. The van der Waals surface area contributed by atoms with Gasteiger partial charge in [-0.15, -0.1) is 12.4 Å². The maximum absolute atomic E-state index is 11.9. The van der Waals surface area contributed by atoms with Crippen LogP contribution in [0.15, 0.2) is 29.2 Å². The number of likely N-dealkylation sites (N-methyl/N-ethyl adjacent to an activating group) is 1. The first-order valence-electron chi connectivity index (χ1n) is 6.52. The molecule has 0 bridgehead atoms. The Morgan fingerprint density at radius 3 is 2.30 bits per heavy atom. The molecule has 0 fully saturated rings. The Morgan fingerprint density at radius 2 is 1.78 bits per heavy atom. The molecule has 23 heavy (non-hydrogen) atoms. The third-order valence-electron chi connectivity index (χ3n) is 2.70. The second kappa shape index (κ2) is 10.1. The van der Waals surface area contributed by atoms with Gasteiger partial charge >= 0.3 is 0 Å². The lowest BCUT2D eigenvalue weighted by atomic mass is 10.3. The fourth-order valence-corrected chi connectivity index (χ4v) is 2.58. The molecule has 0 aliphatic carbocycles. The van der Waals surface area contributed by atoms with Gasteiger partial charge in [0.1, 0.15) is 0 Å². The Hall–Kier alpha value is -1.75. The summed E-state index contributed by atoms with van der Waals surface area (Å²) in [6, 6.07) is 4.51. The summed E-state index contributed by atoms with van der Waals surface area (Å²) in [5.74, 6) is -0.262. The first-order chi connectivity index (χ1) is 10.4. The van der Waals surface area contributed by atoms with E-state index in [1.165, 1.54) is 0 Å². The minimum absolute atomic E-state index is 0. The van der Waals surface area contributed by atoms with Gasteiger partial charge in [-0.05, 0) is 19.2 Å². The van der Waals surface area contributed by atoms with Crippen LogP contribution in [0.3, 0.4) is 0 Å². The molecule has 1 rings (SSSR count). The number of carbonyl (C=O) groups excluding carboxylic acids is 1. The van der Waals surface area contributed by atoms with Gasteiger partial charge in [0.05, 0.1) is 9.82 Å². The summed E-state index contributed by atoms with van der Waals surface area (Å²) < 4.78 is 26.1. The van der Waals surface area contributed by atoms with E-state index < -0.39 is 14.9 Å². The van der Waals surface area contributed by atoms with Crippen LogP contribution in [0.25, 0.3) is 0 Å². The van der Waals surface area contributed by atoms with Gasteiger partial charge < -0.3 is 10.6 Å². The molecule has 0 saturated carbocycles. The summed E-state index contributed by atoms with van der Waals surface area (Å²) in [5, 5.41) is 16.0. The second-order valence-electron chi connectivity index (χ2n) is 4.35. The Morgan fingerprint density at radius 1 is 1.17 bits per heavy atom. The molecule has 3 N–H and O–H groups in total. The lowest BCUT2D eigenvalue weighted by Gasteiger charge is -2.07. The number of non-ortho nitro benzene ring substituents is 1. The number of nitro groups is 1. The van der Waals surface area contributed by atoms with E-state index in [1.807, 2.05) is 0 Å². The number of nitrogens with zero attached hydrogens (tertiary/aromatic N) is 1. The number of rotatable bonds is 9. The quantitative estimate of drug-likeness (QED) is 0.321. The zero-order chi connectivity index (χ0) is 16.6. The fourth-order valence-electron chi connectivity index (χ4n) is 1.54. The summed E-state index contributed by atoms with van der Waals surface area (Å²) in [4.78, 5) is 21.2. The highest BCUT2D eigenvalue weighted by Gasteiger charge is 2.15. The third kappa shape index (κ3) is 7.37. The van der Waals surface area contributed by atoms with Gasteiger partial charge in [0.15, 0.2) is 0 Å². The molecule has 130 valence electrons. The lowest BCUT2D eigenvalue weighted by Crippen LogP contribution is -2.33. The zero-order valence-electron chi connectivity index (χ0n) is 12.4. The SMILES string of the molecule is CNCCNC(=O)CCNS(=O)(=O)c1ccc([N+](=O)[O-])cc1.Cl. The summed E-state index contributed by atoms with van der Waals surface area (Å²) >= 11 is 0. The van der Waals surface area contributed by atoms with Crippen molar-refractivity contribution in [3.8, 4) is 0 Å². The lowest BCUT2D eigenvalue weighted by molar-refractivity contribution is -0.384. The van der Waals surface area contributed by atoms with Crippen LogP contribution in [0.1, 0.15) is 6.42 Å². The molecule has 0 aliphatic rings. The van der Waals surface area contributed by atoms with Gasteiger partial charge in [-0.25, -0.2) is 13.1 Å². The molecule has 0 atom stereocenters. The molecule has 1 amide bonds. The van der Waals surface area contributed by atoms with E-state index in [4.69, 9.17) is 0 Å².